The van der Waals surface area contributed by atoms with Crippen LogP contribution in [0.4, 0.5) is 37.7 Å². The van der Waals surface area contributed by atoms with E-state index in [9.17, 15) is 31.1 Å². The zero-order chi connectivity index (χ0) is 21.4. The van der Waals surface area contributed by atoms with Gasteiger partial charge >= 0.3 is 18.3 Å². The molecule has 3 rings (SSSR count). The second-order valence-electron chi connectivity index (χ2n) is 6.91. The predicted octanol–water partition coefficient (Wildman–Crippen LogP) is 5.48. The standard InChI is InChI=1S/C20H18F6N2O/c1-13-11-17(15-9-5-6-10-16(15)27(13)12-19(21,22)23)28(18(29)20(24,25)26)14-7-3-2-4-8-14/h2-10,13,17H,11-12H2,1H3. The maximum absolute atomic E-state index is 13.4. The lowest BCUT2D eigenvalue weighted by molar-refractivity contribution is -0.171. The Morgan fingerprint density at radius 1 is 1.00 bits per heavy atom. The normalized spacial score (nSPS) is 19.6. The topological polar surface area (TPSA) is 23.6 Å². The van der Waals surface area contributed by atoms with E-state index in [1.165, 1.54) is 55.5 Å². The molecule has 1 aliphatic heterocycles. The second-order valence-corrected chi connectivity index (χ2v) is 6.91. The summed E-state index contributed by atoms with van der Waals surface area (Å²) in [7, 11) is 0. The van der Waals surface area contributed by atoms with Crippen molar-refractivity contribution in [1.82, 2.24) is 0 Å². The van der Waals surface area contributed by atoms with Gasteiger partial charge in [-0.05, 0) is 37.1 Å². The molecule has 1 amide bonds. The van der Waals surface area contributed by atoms with Crippen LogP contribution >= 0.6 is 0 Å². The molecule has 2 aromatic carbocycles. The molecular weight excluding hydrogens is 398 g/mol. The van der Waals surface area contributed by atoms with Crippen molar-refractivity contribution in [2.24, 2.45) is 0 Å². The molecular formula is C20H18F6N2O. The third-order valence-corrected chi connectivity index (χ3v) is 4.86. The Morgan fingerprint density at radius 3 is 2.17 bits per heavy atom. The van der Waals surface area contributed by atoms with E-state index < -0.39 is 36.9 Å². The smallest absolute Gasteiger partial charge is 0.359 e. The van der Waals surface area contributed by atoms with Gasteiger partial charge in [0.25, 0.3) is 0 Å². The summed E-state index contributed by atoms with van der Waals surface area (Å²) in [6, 6.07) is 11.5. The summed E-state index contributed by atoms with van der Waals surface area (Å²) in [5, 5.41) is 0. The van der Waals surface area contributed by atoms with Crippen LogP contribution in [-0.4, -0.2) is 30.8 Å². The Hall–Kier alpha value is -2.71. The lowest BCUT2D eigenvalue weighted by Crippen LogP contribution is -2.50. The van der Waals surface area contributed by atoms with Crippen molar-refractivity contribution in [3.63, 3.8) is 0 Å². The number of carbonyl (C=O) groups is 1. The van der Waals surface area contributed by atoms with E-state index in [-0.39, 0.29) is 23.4 Å². The Bertz CT molecular complexity index is 865. The van der Waals surface area contributed by atoms with Gasteiger partial charge in [0.2, 0.25) is 0 Å². The minimum absolute atomic E-state index is 0.0334. The summed E-state index contributed by atoms with van der Waals surface area (Å²) < 4.78 is 79.3. The highest BCUT2D eigenvalue weighted by Gasteiger charge is 2.48. The summed E-state index contributed by atoms with van der Waals surface area (Å²) in [5.74, 6) is -2.06. The van der Waals surface area contributed by atoms with E-state index >= 15 is 0 Å². The average molecular weight is 416 g/mol. The third kappa shape index (κ3) is 4.49. The third-order valence-electron chi connectivity index (χ3n) is 4.86. The highest BCUT2D eigenvalue weighted by atomic mass is 19.4. The maximum Gasteiger partial charge on any atom is 0.471 e. The van der Waals surface area contributed by atoms with Crippen molar-refractivity contribution in [3.8, 4) is 0 Å². The van der Waals surface area contributed by atoms with Crippen molar-refractivity contribution in [2.75, 3.05) is 16.3 Å². The number of halogens is 6. The van der Waals surface area contributed by atoms with Gasteiger partial charge in [-0.25, -0.2) is 0 Å². The fourth-order valence-electron chi connectivity index (χ4n) is 3.69. The summed E-state index contributed by atoms with van der Waals surface area (Å²) >= 11 is 0. The van der Waals surface area contributed by atoms with E-state index in [1.807, 2.05) is 0 Å². The van der Waals surface area contributed by atoms with Crippen LogP contribution in [0.25, 0.3) is 0 Å². The molecule has 0 saturated carbocycles. The first-order valence-electron chi connectivity index (χ1n) is 8.87. The van der Waals surface area contributed by atoms with Crippen LogP contribution in [0.5, 0.6) is 0 Å². The molecule has 0 aliphatic carbocycles. The quantitative estimate of drug-likeness (QED) is 0.619. The fourth-order valence-corrected chi connectivity index (χ4v) is 3.69. The van der Waals surface area contributed by atoms with Gasteiger partial charge in [-0.1, -0.05) is 36.4 Å². The number of amides is 1. The Morgan fingerprint density at radius 2 is 1.59 bits per heavy atom. The number of benzene rings is 2. The minimum Gasteiger partial charge on any atom is -0.359 e. The molecule has 1 aliphatic rings. The average Bonchev–Trinajstić information content (AvgIpc) is 2.64. The molecule has 0 aromatic heterocycles. The highest BCUT2D eigenvalue weighted by molar-refractivity contribution is 5.98. The van der Waals surface area contributed by atoms with Gasteiger partial charge in [-0.2, -0.15) is 26.3 Å². The van der Waals surface area contributed by atoms with Crippen LogP contribution in [0.2, 0.25) is 0 Å². The van der Waals surface area contributed by atoms with Gasteiger partial charge in [0.15, 0.2) is 0 Å². The van der Waals surface area contributed by atoms with E-state index in [4.69, 9.17) is 0 Å². The van der Waals surface area contributed by atoms with Crippen molar-refractivity contribution < 1.29 is 31.1 Å². The molecule has 0 saturated heterocycles. The monoisotopic (exact) mass is 416 g/mol. The van der Waals surface area contributed by atoms with E-state index in [0.29, 0.717) is 4.90 Å². The van der Waals surface area contributed by atoms with Crippen LogP contribution in [-0.2, 0) is 4.79 Å². The molecule has 29 heavy (non-hydrogen) atoms. The van der Waals surface area contributed by atoms with Crippen molar-refractivity contribution in [3.05, 3.63) is 60.2 Å². The fraction of sp³-hybridized carbons (Fsp3) is 0.350. The van der Waals surface area contributed by atoms with Gasteiger partial charge in [-0.15, -0.1) is 0 Å². The molecule has 0 spiro atoms. The summed E-state index contributed by atoms with van der Waals surface area (Å²) in [6.07, 6.45) is -9.68. The Balaban J connectivity index is 2.11. The van der Waals surface area contributed by atoms with Gasteiger partial charge < -0.3 is 4.90 Å². The first-order valence-corrected chi connectivity index (χ1v) is 8.87. The number of fused-ring (bicyclic) bond motifs is 1. The van der Waals surface area contributed by atoms with Gasteiger partial charge in [0, 0.05) is 17.4 Å². The van der Waals surface area contributed by atoms with Crippen molar-refractivity contribution >= 4 is 17.3 Å². The Kier molecular flexibility index (Phi) is 5.51. The van der Waals surface area contributed by atoms with Crippen molar-refractivity contribution in [2.45, 2.75) is 37.8 Å². The number of hydrogen-bond donors (Lipinski definition) is 0. The van der Waals surface area contributed by atoms with Crippen LogP contribution in [0.3, 0.4) is 0 Å². The van der Waals surface area contributed by atoms with E-state index in [0.717, 1.165) is 4.90 Å². The summed E-state index contributed by atoms with van der Waals surface area (Å²) in [4.78, 5) is 14.1. The number of rotatable bonds is 3. The van der Waals surface area contributed by atoms with E-state index in [2.05, 4.69) is 0 Å². The highest BCUT2D eigenvalue weighted by Crippen LogP contribution is 2.44. The van der Waals surface area contributed by atoms with Crippen LogP contribution in [0, 0.1) is 0 Å². The summed E-state index contributed by atoms with van der Waals surface area (Å²) in [6.45, 7) is 0.284. The number of hydrogen-bond acceptors (Lipinski definition) is 2. The van der Waals surface area contributed by atoms with Crippen LogP contribution < -0.4 is 9.80 Å². The van der Waals surface area contributed by atoms with Crippen LogP contribution in [0.1, 0.15) is 24.9 Å². The molecule has 2 unspecified atom stereocenters. The molecule has 1 heterocycles. The molecule has 0 radical (unpaired) electrons. The zero-order valence-corrected chi connectivity index (χ0v) is 15.3. The zero-order valence-electron chi connectivity index (χ0n) is 15.3. The molecule has 0 fully saturated rings. The Labute approximate surface area is 163 Å². The predicted molar refractivity (Wildman–Crippen MR) is 96.6 cm³/mol. The number of carbonyl (C=O) groups excluding carboxylic acids is 1. The lowest BCUT2D eigenvalue weighted by Gasteiger charge is -2.44. The number of nitrogens with zero attached hydrogens (tertiary/aromatic N) is 2. The minimum atomic E-state index is -5.13. The number of para-hydroxylation sites is 2. The van der Waals surface area contributed by atoms with Gasteiger partial charge in [0.1, 0.15) is 6.54 Å². The summed E-state index contributed by atoms with van der Waals surface area (Å²) in [5.41, 5.74) is 0.451. The molecule has 3 nitrogen and oxygen atoms in total. The number of alkyl halides is 6. The van der Waals surface area contributed by atoms with E-state index in [1.54, 1.807) is 6.07 Å². The van der Waals surface area contributed by atoms with Gasteiger partial charge in [-0.3, -0.25) is 9.69 Å². The SMILES string of the molecule is CC1CC(N(C(=O)C(F)(F)F)c2ccccc2)c2ccccc2N1CC(F)(F)F. The number of anilines is 2. The van der Waals surface area contributed by atoms with Crippen molar-refractivity contribution in [1.29, 1.82) is 0 Å². The maximum atomic E-state index is 13.4. The first-order chi connectivity index (χ1) is 13.5. The molecule has 156 valence electrons. The molecule has 2 aromatic rings. The lowest BCUT2D eigenvalue weighted by atomic mass is 9.90. The largest absolute Gasteiger partial charge is 0.471 e. The van der Waals surface area contributed by atoms with Crippen LogP contribution in [0.15, 0.2) is 54.6 Å². The first kappa shape index (κ1) is 21.0. The van der Waals surface area contributed by atoms with Gasteiger partial charge in [0.05, 0.1) is 6.04 Å². The molecule has 2 atom stereocenters. The molecule has 0 bridgehead atoms. The molecule has 9 heteroatoms. The second kappa shape index (κ2) is 7.61. The molecule has 0 N–H and O–H groups in total.